The molecule has 1 amide bonds. The molecule has 8 heteroatoms. The molecule has 1 N–H and O–H groups in total. The molecule has 0 spiro atoms. The molecule has 0 saturated carbocycles. The lowest BCUT2D eigenvalue weighted by Gasteiger charge is -2.30. The van der Waals surface area contributed by atoms with E-state index in [9.17, 15) is 13.2 Å². The molecular formula is C24H31N3O4S. The lowest BCUT2D eigenvalue weighted by molar-refractivity contribution is -0.124. The highest BCUT2D eigenvalue weighted by Crippen LogP contribution is 2.29. The fraction of sp³-hybridized carbons (Fsp3) is 0.458. The van der Waals surface area contributed by atoms with E-state index >= 15 is 0 Å². The Bertz CT molecular complexity index is 1020. The number of sulfonamides is 1. The van der Waals surface area contributed by atoms with Crippen molar-refractivity contribution in [3.63, 3.8) is 0 Å². The number of hydrogen-bond donors (Lipinski definition) is 1. The third kappa shape index (κ3) is 4.82. The normalized spacial score (nSPS) is 20.8. The molecule has 2 fully saturated rings. The molecule has 2 aromatic rings. The molecule has 2 aliphatic rings. The topological polar surface area (TPSA) is 79.0 Å². The number of methoxy groups -OCH3 is 1. The van der Waals surface area contributed by atoms with Gasteiger partial charge in [0.2, 0.25) is 15.9 Å². The molecular weight excluding hydrogens is 426 g/mol. The molecule has 2 aromatic carbocycles. The summed E-state index contributed by atoms with van der Waals surface area (Å²) in [7, 11) is -2.06. The van der Waals surface area contributed by atoms with Gasteiger partial charge < -0.3 is 10.1 Å². The van der Waals surface area contributed by atoms with Crippen LogP contribution in [0.4, 0.5) is 0 Å². The van der Waals surface area contributed by atoms with E-state index in [2.05, 4.69) is 16.3 Å². The number of nitrogens with one attached hydrogen (secondary N) is 1. The van der Waals surface area contributed by atoms with Crippen LogP contribution in [0.1, 0.15) is 37.3 Å². The maximum Gasteiger partial charge on any atom is 0.243 e. The van der Waals surface area contributed by atoms with Crippen molar-refractivity contribution in [2.75, 3.05) is 33.3 Å². The predicted molar refractivity (Wildman–Crippen MR) is 123 cm³/mol. The number of benzene rings is 2. The Morgan fingerprint density at radius 3 is 2.53 bits per heavy atom. The van der Waals surface area contributed by atoms with E-state index in [4.69, 9.17) is 4.74 Å². The Morgan fingerprint density at radius 1 is 1.06 bits per heavy atom. The first-order chi connectivity index (χ1) is 15.5. The summed E-state index contributed by atoms with van der Waals surface area (Å²) in [4.78, 5) is 15.8. The van der Waals surface area contributed by atoms with Gasteiger partial charge in [-0.15, -0.1) is 0 Å². The maximum atomic E-state index is 13.1. The van der Waals surface area contributed by atoms with Crippen LogP contribution in [0.5, 0.6) is 5.75 Å². The van der Waals surface area contributed by atoms with Gasteiger partial charge >= 0.3 is 0 Å². The number of carbonyl (C=O) groups is 1. The minimum Gasteiger partial charge on any atom is -0.497 e. The summed E-state index contributed by atoms with van der Waals surface area (Å²) in [5.74, 6) is 0.558. The first-order valence-corrected chi connectivity index (χ1v) is 12.7. The summed E-state index contributed by atoms with van der Waals surface area (Å²) >= 11 is 0. The Kier molecular flexibility index (Phi) is 7.13. The van der Waals surface area contributed by atoms with E-state index in [-0.39, 0.29) is 16.8 Å². The zero-order valence-electron chi connectivity index (χ0n) is 18.4. The van der Waals surface area contributed by atoms with Gasteiger partial charge in [-0.25, -0.2) is 8.42 Å². The third-order valence-corrected chi connectivity index (χ3v) is 8.31. The standard InChI is InChI=1S/C24H31N3O4S/c1-31-20-10-7-9-19(17-20)23(26-14-5-6-15-26)18-25-24(28)22-13-8-16-27(22)32(29,30)21-11-3-2-4-12-21/h2-4,7,9-12,17,22-23H,5-6,8,13-16,18H2,1H3,(H,25,28). The van der Waals surface area contributed by atoms with Crippen molar-refractivity contribution in [2.24, 2.45) is 0 Å². The van der Waals surface area contributed by atoms with Crippen molar-refractivity contribution in [3.8, 4) is 5.75 Å². The second-order valence-electron chi connectivity index (χ2n) is 8.37. The molecule has 2 heterocycles. The molecule has 0 aromatic heterocycles. The van der Waals surface area contributed by atoms with Gasteiger partial charge in [0.05, 0.1) is 18.0 Å². The molecule has 32 heavy (non-hydrogen) atoms. The minimum atomic E-state index is -3.70. The summed E-state index contributed by atoms with van der Waals surface area (Å²) in [6.07, 6.45) is 3.49. The summed E-state index contributed by atoms with van der Waals surface area (Å²) < 4.78 is 33.0. The van der Waals surface area contributed by atoms with Crippen molar-refractivity contribution < 1.29 is 17.9 Å². The molecule has 0 aliphatic carbocycles. The van der Waals surface area contributed by atoms with Gasteiger partial charge in [0.25, 0.3) is 0 Å². The van der Waals surface area contributed by atoms with Gasteiger partial charge in [0.1, 0.15) is 11.8 Å². The summed E-state index contributed by atoms with van der Waals surface area (Å²) in [6.45, 7) is 2.76. The number of amides is 1. The minimum absolute atomic E-state index is 0.0251. The van der Waals surface area contributed by atoms with Gasteiger partial charge in [0.15, 0.2) is 0 Å². The van der Waals surface area contributed by atoms with Crippen LogP contribution in [0.15, 0.2) is 59.5 Å². The molecule has 4 rings (SSSR count). The van der Waals surface area contributed by atoms with Crippen LogP contribution in [0.2, 0.25) is 0 Å². The van der Waals surface area contributed by atoms with Crippen LogP contribution in [-0.4, -0.2) is 62.9 Å². The average molecular weight is 458 g/mol. The van der Waals surface area contributed by atoms with Crippen molar-refractivity contribution in [1.82, 2.24) is 14.5 Å². The largest absolute Gasteiger partial charge is 0.497 e. The molecule has 2 atom stereocenters. The Labute approximate surface area is 190 Å². The van der Waals surface area contributed by atoms with Crippen LogP contribution in [0.3, 0.4) is 0 Å². The first kappa shape index (κ1) is 22.8. The number of rotatable bonds is 8. The maximum absolute atomic E-state index is 13.1. The van der Waals surface area contributed by atoms with Crippen LogP contribution in [-0.2, 0) is 14.8 Å². The number of nitrogens with zero attached hydrogens (tertiary/aromatic N) is 2. The highest BCUT2D eigenvalue weighted by atomic mass is 32.2. The first-order valence-electron chi connectivity index (χ1n) is 11.2. The molecule has 7 nitrogen and oxygen atoms in total. The lowest BCUT2D eigenvalue weighted by atomic mass is 10.0. The van der Waals surface area contributed by atoms with Crippen molar-refractivity contribution >= 4 is 15.9 Å². The number of ether oxygens (including phenoxy) is 1. The van der Waals surface area contributed by atoms with Crippen molar-refractivity contribution in [3.05, 3.63) is 60.2 Å². The van der Waals surface area contributed by atoms with E-state index in [0.29, 0.717) is 25.9 Å². The van der Waals surface area contributed by atoms with Gasteiger partial charge in [0, 0.05) is 13.1 Å². The van der Waals surface area contributed by atoms with Crippen molar-refractivity contribution in [1.29, 1.82) is 0 Å². The summed E-state index contributed by atoms with van der Waals surface area (Å²) in [5.41, 5.74) is 1.09. The van der Waals surface area contributed by atoms with Crippen LogP contribution >= 0.6 is 0 Å². The van der Waals surface area contributed by atoms with E-state index in [1.165, 1.54) is 4.31 Å². The second-order valence-corrected chi connectivity index (χ2v) is 10.3. The quantitative estimate of drug-likeness (QED) is 0.660. The van der Waals surface area contributed by atoms with E-state index in [0.717, 1.165) is 37.2 Å². The summed E-state index contributed by atoms with van der Waals surface area (Å²) in [6, 6.07) is 15.6. The average Bonchev–Trinajstić information content (AvgIpc) is 3.53. The zero-order valence-corrected chi connectivity index (χ0v) is 19.3. The van der Waals surface area contributed by atoms with Gasteiger partial charge in [-0.3, -0.25) is 9.69 Å². The molecule has 0 bridgehead atoms. The predicted octanol–water partition coefficient (Wildman–Crippen LogP) is 2.80. The second kappa shape index (κ2) is 10.0. The van der Waals surface area contributed by atoms with Gasteiger partial charge in [-0.2, -0.15) is 4.31 Å². The Balaban J connectivity index is 1.49. The summed E-state index contributed by atoms with van der Waals surface area (Å²) in [5, 5.41) is 3.06. The smallest absolute Gasteiger partial charge is 0.243 e. The molecule has 172 valence electrons. The highest BCUT2D eigenvalue weighted by Gasteiger charge is 2.39. The number of likely N-dealkylation sites (tertiary alicyclic amines) is 1. The molecule has 2 unspecified atom stereocenters. The fourth-order valence-corrected chi connectivity index (χ4v) is 6.37. The molecule has 0 radical (unpaired) electrons. The van der Waals surface area contributed by atoms with Crippen LogP contribution in [0.25, 0.3) is 0 Å². The SMILES string of the molecule is COc1cccc(C(CNC(=O)C2CCCN2S(=O)(=O)c2ccccc2)N2CCCC2)c1. The Hall–Kier alpha value is -2.42. The molecule has 2 aliphatic heterocycles. The number of hydrogen-bond acceptors (Lipinski definition) is 5. The lowest BCUT2D eigenvalue weighted by Crippen LogP contribution is -2.47. The van der Waals surface area contributed by atoms with Gasteiger partial charge in [-0.1, -0.05) is 30.3 Å². The van der Waals surface area contributed by atoms with E-state index < -0.39 is 16.1 Å². The van der Waals surface area contributed by atoms with Crippen LogP contribution in [0, 0.1) is 0 Å². The third-order valence-electron chi connectivity index (χ3n) is 6.39. The monoisotopic (exact) mass is 457 g/mol. The van der Waals surface area contributed by atoms with Crippen LogP contribution < -0.4 is 10.1 Å². The van der Waals surface area contributed by atoms with Crippen molar-refractivity contribution in [2.45, 2.75) is 42.7 Å². The zero-order chi connectivity index (χ0) is 22.6. The van der Waals surface area contributed by atoms with E-state index in [1.807, 2.05) is 18.2 Å². The molecule has 2 saturated heterocycles. The fourth-order valence-electron chi connectivity index (χ4n) is 4.69. The highest BCUT2D eigenvalue weighted by molar-refractivity contribution is 7.89. The number of carbonyl (C=O) groups excluding carboxylic acids is 1. The Morgan fingerprint density at radius 2 is 1.81 bits per heavy atom. The van der Waals surface area contributed by atoms with E-state index in [1.54, 1.807) is 37.4 Å². The van der Waals surface area contributed by atoms with Gasteiger partial charge in [-0.05, 0) is 68.6 Å².